The van der Waals surface area contributed by atoms with E-state index in [9.17, 15) is 0 Å². The standard InChI is InChI=1S/C50H45N/c1-5-14-37(29-33(4)6-2)48-28-27-39(32-51-48)40-19-12-21-42-41(40)20-13-22-43(42)50-46-17-10-8-15-44(46)49(45-16-9-11-18-47(45)50)38-26-25-35-30-34(7-3)23-24-36(35)31-38/h5,8-13,15-29,31-32,34,37H,1,6-7,14,30H2,2-4H3/b33-29-. The summed E-state index contributed by atoms with van der Waals surface area (Å²) in [6, 6.07) is 43.1. The predicted octanol–water partition coefficient (Wildman–Crippen LogP) is 14.2. The van der Waals surface area contributed by atoms with E-state index in [1.807, 2.05) is 6.08 Å². The van der Waals surface area contributed by atoms with Gasteiger partial charge in [-0.2, -0.15) is 0 Å². The Hall–Kier alpha value is -5.53. The van der Waals surface area contributed by atoms with E-state index in [4.69, 9.17) is 4.98 Å². The Bertz CT molecular complexity index is 2420. The van der Waals surface area contributed by atoms with Crippen LogP contribution in [-0.4, -0.2) is 4.98 Å². The molecule has 7 aromatic rings. The van der Waals surface area contributed by atoms with Gasteiger partial charge in [-0.1, -0.05) is 147 Å². The first-order valence-corrected chi connectivity index (χ1v) is 18.6. The summed E-state index contributed by atoms with van der Waals surface area (Å²) in [5, 5.41) is 7.60. The van der Waals surface area contributed by atoms with Crippen LogP contribution in [0.1, 0.15) is 62.8 Å². The van der Waals surface area contributed by atoms with Gasteiger partial charge in [-0.25, -0.2) is 0 Å². The van der Waals surface area contributed by atoms with Gasteiger partial charge in [-0.3, -0.25) is 4.98 Å². The number of hydrogen-bond donors (Lipinski definition) is 0. The summed E-state index contributed by atoms with van der Waals surface area (Å²) in [5.74, 6) is 0.875. The summed E-state index contributed by atoms with van der Waals surface area (Å²) in [4.78, 5) is 5.01. The van der Waals surface area contributed by atoms with Crippen LogP contribution < -0.4 is 0 Å². The van der Waals surface area contributed by atoms with Gasteiger partial charge in [0.05, 0.1) is 0 Å². The summed E-state index contributed by atoms with van der Waals surface area (Å²) >= 11 is 0. The third-order valence-electron chi connectivity index (χ3n) is 11.1. The van der Waals surface area contributed by atoms with Gasteiger partial charge in [0.25, 0.3) is 0 Å². The van der Waals surface area contributed by atoms with Crippen LogP contribution >= 0.6 is 0 Å². The van der Waals surface area contributed by atoms with Gasteiger partial charge in [0.2, 0.25) is 0 Å². The highest BCUT2D eigenvalue weighted by Gasteiger charge is 2.20. The van der Waals surface area contributed by atoms with Gasteiger partial charge < -0.3 is 0 Å². The van der Waals surface area contributed by atoms with Gasteiger partial charge in [0.15, 0.2) is 0 Å². The maximum absolute atomic E-state index is 5.01. The zero-order chi connectivity index (χ0) is 34.9. The van der Waals surface area contributed by atoms with E-state index in [0.717, 1.165) is 30.5 Å². The van der Waals surface area contributed by atoms with Crippen molar-refractivity contribution >= 4 is 38.4 Å². The number of benzene rings is 6. The molecule has 0 aliphatic heterocycles. The van der Waals surface area contributed by atoms with E-state index < -0.39 is 0 Å². The van der Waals surface area contributed by atoms with Crippen LogP contribution in [0.5, 0.6) is 0 Å². The van der Waals surface area contributed by atoms with Gasteiger partial charge >= 0.3 is 0 Å². The van der Waals surface area contributed by atoms with Crippen molar-refractivity contribution in [3.63, 3.8) is 0 Å². The summed E-state index contributed by atoms with van der Waals surface area (Å²) in [6.07, 6.45) is 15.4. The molecule has 51 heavy (non-hydrogen) atoms. The molecule has 0 N–H and O–H groups in total. The van der Waals surface area contributed by atoms with Gasteiger partial charge in [0.1, 0.15) is 0 Å². The highest BCUT2D eigenvalue weighted by molar-refractivity contribution is 6.24. The van der Waals surface area contributed by atoms with Crippen molar-refractivity contribution in [3.8, 4) is 33.4 Å². The predicted molar refractivity (Wildman–Crippen MR) is 221 cm³/mol. The van der Waals surface area contributed by atoms with Crippen molar-refractivity contribution in [2.24, 2.45) is 5.92 Å². The topological polar surface area (TPSA) is 12.9 Å². The lowest BCUT2D eigenvalue weighted by Gasteiger charge is -2.21. The SMILES string of the molecule is C=CCC(/C=C(/C)CC)c1ccc(-c2cccc3c(-c4c5ccccc5c(-c5ccc6c(c5)C=CC(CC)C6)c5ccccc45)cccc23)cn1. The van der Waals surface area contributed by atoms with Crippen molar-refractivity contribution in [2.45, 2.75) is 52.4 Å². The van der Waals surface area contributed by atoms with Crippen LogP contribution in [0, 0.1) is 5.92 Å². The second-order valence-corrected chi connectivity index (χ2v) is 14.2. The fraction of sp³-hybridized carbons (Fsp3) is 0.180. The maximum Gasteiger partial charge on any atom is 0.0475 e. The van der Waals surface area contributed by atoms with Crippen molar-refractivity contribution in [1.29, 1.82) is 0 Å². The quantitative estimate of drug-likeness (QED) is 0.111. The monoisotopic (exact) mass is 659 g/mol. The maximum atomic E-state index is 5.01. The summed E-state index contributed by atoms with van der Waals surface area (Å²) < 4.78 is 0. The summed E-state index contributed by atoms with van der Waals surface area (Å²) in [6.45, 7) is 10.7. The molecule has 0 fully saturated rings. The Balaban J connectivity index is 1.29. The Labute approximate surface area is 302 Å². The molecular formula is C50H45N. The molecule has 8 rings (SSSR count). The zero-order valence-electron chi connectivity index (χ0n) is 30.0. The molecule has 2 unspecified atom stereocenters. The van der Waals surface area contributed by atoms with Crippen molar-refractivity contribution < 1.29 is 0 Å². The lowest BCUT2D eigenvalue weighted by molar-refractivity contribution is 0.620. The Morgan fingerprint density at radius 2 is 1.35 bits per heavy atom. The van der Waals surface area contributed by atoms with Crippen LogP contribution in [0.25, 0.3) is 71.8 Å². The average Bonchev–Trinajstić information content (AvgIpc) is 3.19. The molecule has 0 saturated heterocycles. The minimum Gasteiger partial charge on any atom is -0.260 e. The molecule has 1 nitrogen and oxygen atoms in total. The fourth-order valence-corrected chi connectivity index (χ4v) is 8.17. The fourth-order valence-electron chi connectivity index (χ4n) is 8.17. The van der Waals surface area contributed by atoms with E-state index in [1.165, 1.54) is 83.3 Å². The van der Waals surface area contributed by atoms with E-state index in [0.29, 0.717) is 5.92 Å². The van der Waals surface area contributed by atoms with E-state index in [-0.39, 0.29) is 5.92 Å². The number of nitrogens with zero attached hydrogens (tertiary/aromatic N) is 1. The van der Waals surface area contributed by atoms with Gasteiger partial charge in [0, 0.05) is 23.4 Å². The highest BCUT2D eigenvalue weighted by atomic mass is 14.7. The molecule has 0 spiro atoms. The van der Waals surface area contributed by atoms with Gasteiger partial charge in [-0.15, -0.1) is 6.58 Å². The van der Waals surface area contributed by atoms with Crippen LogP contribution in [0.15, 0.2) is 152 Å². The van der Waals surface area contributed by atoms with Crippen LogP contribution in [-0.2, 0) is 6.42 Å². The summed E-state index contributed by atoms with van der Waals surface area (Å²) in [7, 11) is 0. The van der Waals surface area contributed by atoms with E-state index >= 15 is 0 Å². The molecule has 2 atom stereocenters. The number of allylic oxidation sites excluding steroid dienone is 4. The Morgan fingerprint density at radius 1 is 0.725 bits per heavy atom. The molecule has 0 radical (unpaired) electrons. The minimum atomic E-state index is 0.242. The van der Waals surface area contributed by atoms with Crippen molar-refractivity contribution in [3.05, 3.63) is 169 Å². The molecule has 6 aromatic carbocycles. The number of fused-ring (bicyclic) bond motifs is 4. The number of hydrogen-bond acceptors (Lipinski definition) is 1. The molecule has 250 valence electrons. The number of pyridine rings is 1. The van der Waals surface area contributed by atoms with Crippen molar-refractivity contribution in [1.82, 2.24) is 4.98 Å². The Kier molecular flexibility index (Phi) is 8.97. The van der Waals surface area contributed by atoms with Crippen molar-refractivity contribution in [2.75, 3.05) is 0 Å². The summed E-state index contributed by atoms with van der Waals surface area (Å²) in [5.41, 5.74) is 12.7. The second-order valence-electron chi connectivity index (χ2n) is 14.2. The normalized spacial score (nSPS) is 15.0. The minimum absolute atomic E-state index is 0.242. The highest BCUT2D eigenvalue weighted by Crippen LogP contribution is 2.46. The lowest BCUT2D eigenvalue weighted by Crippen LogP contribution is -2.05. The number of rotatable bonds is 9. The molecule has 1 aliphatic carbocycles. The zero-order valence-corrected chi connectivity index (χ0v) is 30.0. The molecule has 0 bridgehead atoms. The molecule has 1 heterocycles. The first-order valence-electron chi connectivity index (χ1n) is 18.6. The van der Waals surface area contributed by atoms with E-state index in [1.54, 1.807) is 0 Å². The third kappa shape index (κ3) is 6.02. The first-order chi connectivity index (χ1) is 25.1. The Morgan fingerprint density at radius 3 is 1.98 bits per heavy atom. The molecular weight excluding hydrogens is 615 g/mol. The smallest absolute Gasteiger partial charge is 0.0475 e. The molecule has 1 aliphatic rings. The molecule has 0 saturated carbocycles. The molecule has 1 aromatic heterocycles. The average molecular weight is 660 g/mol. The second kappa shape index (κ2) is 14.0. The first kappa shape index (κ1) is 32.7. The number of aromatic nitrogens is 1. The van der Waals surface area contributed by atoms with Crippen LogP contribution in [0.3, 0.4) is 0 Å². The van der Waals surface area contributed by atoms with Crippen LogP contribution in [0.4, 0.5) is 0 Å². The van der Waals surface area contributed by atoms with Gasteiger partial charge in [-0.05, 0) is 122 Å². The lowest BCUT2D eigenvalue weighted by atomic mass is 9.82. The van der Waals surface area contributed by atoms with Crippen LogP contribution in [0.2, 0.25) is 0 Å². The van der Waals surface area contributed by atoms with E-state index in [2.05, 4.69) is 167 Å². The largest absolute Gasteiger partial charge is 0.260 e. The molecule has 1 heteroatoms. The molecule has 0 amide bonds. The third-order valence-corrected chi connectivity index (χ3v) is 11.1.